The van der Waals surface area contributed by atoms with Crippen LogP contribution in [0.3, 0.4) is 0 Å². The van der Waals surface area contributed by atoms with Gasteiger partial charge in [-0.1, -0.05) is 63.8 Å². The van der Waals surface area contributed by atoms with Gasteiger partial charge in [-0.3, -0.25) is 4.79 Å². The molecule has 0 saturated heterocycles. The Hall–Kier alpha value is -3.41. The molecule has 0 spiro atoms. The monoisotopic (exact) mass is 814 g/mol. The van der Waals surface area contributed by atoms with E-state index in [1.54, 1.807) is 0 Å². The number of furan rings is 1. The maximum absolute atomic E-state index is 13.7. The van der Waals surface area contributed by atoms with Crippen LogP contribution >= 0.6 is 0 Å². The van der Waals surface area contributed by atoms with Crippen LogP contribution in [0.15, 0.2) is 64.9 Å². The fraction of sp³-hybridized carbons (Fsp3) is 0.425. The molecule has 1 N–H and O–H groups in total. The summed E-state index contributed by atoms with van der Waals surface area (Å²) in [6.07, 6.45) is 8.28. The second kappa shape index (κ2) is 16.1. The zero-order valence-electron chi connectivity index (χ0n) is 28.3. The molecule has 47 heavy (non-hydrogen) atoms. The summed E-state index contributed by atoms with van der Waals surface area (Å²) < 4.78 is 19.9. The van der Waals surface area contributed by atoms with Crippen molar-refractivity contribution in [2.24, 2.45) is 11.8 Å². The number of alkyl halides is 1. The number of hydrogen-bond acceptors (Lipinski definition) is 5. The van der Waals surface area contributed by atoms with Crippen molar-refractivity contribution in [2.45, 2.75) is 98.6 Å². The molecule has 1 radical (unpaired) electrons. The number of aryl methyl sites for hydroxylation is 2. The number of aromatic nitrogens is 2. The van der Waals surface area contributed by atoms with Gasteiger partial charge in [-0.25, -0.2) is 9.37 Å². The summed E-state index contributed by atoms with van der Waals surface area (Å²) in [4.78, 5) is 21.0. The van der Waals surface area contributed by atoms with Crippen LogP contribution in [0.5, 0.6) is 0 Å². The molecule has 2 unspecified atom stereocenters. The van der Waals surface area contributed by atoms with Crippen molar-refractivity contribution in [3.8, 4) is 11.3 Å². The Labute approximate surface area is 291 Å². The molecule has 5 nitrogen and oxygen atoms in total. The maximum atomic E-state index is 13.7. The fourth-order valence-electron chi connectivity index (χ4n) is 6.75. The van der Waals surface area contributed by atoms with Gasteiger partial charge in [0.1, 0.15) is 6.17 Å². The number of pyridine rings is 2. The number of hydrogen-bond donors (Lipinski definition) is 1. The largest absolute Gasteiger partial charge is 0.512 e. The summed E-state index contributed by atoms with van der Waals surface area (Å²) in [5, 5.41) is 14.0. The van der Waals surface area contributed by atoms with E-state index >= 15 is 0 Å². The molecule has 7 heteroatoms. The molecule has 0 amide bonds. The number of fused-ring (bicyclic) bond motifs is 4. The van der Waals surface area contributed by atoms with Gasteiger partial charge in [-0.15, -0.1) is 17.7 Å². The number of halogens is 1. The number of nitrogens with zero attached hydrogens (tertiary/aromatic N) is 2. The zero-order valence-corrected chi connectivity index (χ0v) is 30.7. The summed E-state index contributed by atoms with van der Waals surface area (Å²) in [6.45, 7) is 12.1. The molecule has 0 aliphatic heterocycles. The summed E-state index contributed by atoms with van der Waals surface area (Å²) in [5.41, 5.74) is 6.27. The Kier molecular flexibility index (Phi) is 12.5. The second-order valence-electron chi connectivity index (χ2n) is 12.7. The van der Waals surface area contributed by atoms with Crippen molar-refractivity contribution < 1.29 is 38.8 Å². The molecule has 5 aromatic rings. The number of allylic oxidation sites excluding steroid dienone is 2. The van der Waals surface area contributed by atoms with Gasteiger partial charge in [0, 0.05) is 55.3 Å². The smallest absolute Gasteiger partial charge is 0.216 e. The summed E-state index contributed by atoms with van der Waals surface area (Å²) in [7, 11) is 0. The quantitative estimate of drug-likeness (QED) is 0.0911. The third-order valence-corrected chi connectivity index (χ3v) is 9.59. The Morgan fingerprint density at radius 3 is 2.34 bits per heavy atom. The standard InChI is InChI=1S/C27H22FN2O.C13H24O2.Ir/c1-15-11-23-22-7-3-16(2)30-27(22)31-26(23)24(12-15)25-21-8-5-17(13-19(21)9-10-29-25)18-4-6-20(28)14-18;1-5-10(6-2)12(14)9-13(15)11(7-3)8-4;/h3,5,7-11,13,18,20H,4,6,14H2,1-2H3;9-11,14H,5-8H2,1-4H3;/q-1;;/b;12-9-;. The number of aliphatic hydroxyl groups excluding tert-OH is 1. The minimum absolute atomic E-state index is 0. The van der Waals surface area contributed by atoms with Crippen LogP contribution in [-0.2, 0) is 24.9 Å². The predicted molar refractivity (Wildman–Crippen MR) is 186 cm³/mol. The molecule has 251 valence electrons. The molecule has 1 fully saturated rings. The Morgan fingerprint density at radius 2 is 1.68 bits per heavy atom. The van der Waals surface area contributed by atoms with E-state index in [0.717, 1.165) is 81.7 Å². The van der Waals surface area contributed by atoms with Crippen LogP contribution in [0.2, 0.25) is 0 Å². The van der Waals surface area contributed by atoms with Gasteiger partial charge >= 0.3 is 0 Å². The molecular weight excluding hydrogens is 768 g/mol. The van der Waals surface area contributed by atoms with Crippen LogP contribution in [-0.4, -0.2) is 27.0 Å². The Morgan fingerprint density at radius 1 is 0.979 bits per heavy atom. The predicted octanol–water partition coefficient (Wildman–Crippen LogP) is 11.1. The first kappa shape index (κ1) is 36.4. The van der Waals surface area contributed by atoms with E-state index in [0.29, 0.717) is 24.5 Å². The first-order valence-corrected chi connectivity index (χ1v) is 16.9. The van der Waals surface area contributed by atoms with Crippen molar-refractivity contribution >= 4 is 38.6 Å². The van der Waals surface area contributed by atoms with Crippen LogP contribution < -0.4 is 0 Å². The van der Waals surface area contributed by atoms with Crippen molar-refractivity contribution in [1.29, 1.82) is 0 Å². The number of ketones is 1. The number of carbonyl (C=O) groups is 1. The van der Waals surface area contributed by atoms with Gasteiger partial charge < -0.3 is 14.5 Å². The molecule has 2 atom stereocenters. The number of aliphatic hydroxyl groups is 1. The Bertz CT molecular complexity index is 1870. The van der Waals surface area contributed by atoms with Crippen LogP contribution in [0.4, 0.5) is 4.39 Å². The van der Waals surface area contributed by atoms with E-state index < -0.39 is 6.17 Å². The SMILES string of the molecule is CCC(CC)C(=O)/C=C(\O)C(CC)CC.Cc1[c-]c(-c2nccc3cc(C4CCC(F)C4)ccc23)c2oc3nc(C)ccc3c2c1.[Ir]. The van der Waals surface area contributed by atoms with E-state index in [1.165, 1.54) is 11.6 Å². The number of carbonyl (C=O) groups excluding carboxylic acids is 1. The second-order valence-corrected chi connectivity index (χ2v) is 12.7. The molecule has 3 heterocycles. The third kappa shape index (κ3) is 8.01. The van der Waals surface area contributed by atoms with Crippen molar-refractivity contribution in [2.75, 3.05) is 0 Å². The average molecular weight is 814 g/mol. The van der Waals surface area contributed by atoms with E-state index in [2.05, 4.69) is 41.4 Å². The molecule has 1 saturated carbocycles. The summed E-state index contributed by atoms with van der Waals surface area (Å²) in [5.74, 6) is 0.851. The van der Waals surface area contributed by atoms with Gasteiger partial charge in [0.15, 0.2) is 5.78 Å². The van der Waals surface area contributed by atoms with Crippen LogP contribution in [0, 0.1) is 31.7 Å². The van der Waals surface area contributed by atoms with E-state index in [4.69, 9.17) is 9.40 Å². The van der Waals surface area contributed by atoms with Crippen LogP contribution in [0.25, 0.3) is 44.1 Å². The minimum Gasteiger partial charge on any atom is -0.512 e. The molecule has 1 aliphatic rings. The average Bonchev–Trinajstić information content (AvgIpc) is 3.64. The molecule has 0 bridgehead atoms. The molecule has 3 aromatic heterocycles. The Balaban J connectivity index is 0.000000269. The van der Waals surface area contributed by atoms with Crippen molar-refractivity contribution in [1.82, 2.24) is 9.97 Å². The number of benzene rings is 2. The molecular formula is C40H46FIrN2O3-. The van der Waals surface area contributed by atoms with Gasteiger partial charge in [-0.2, -0.15) is 0 Å². The first-order valence-electron chi connectivity index (χ1n) is 16.9. The summed E-state index contributed by atoms with van der Waals surface area (Å²) >= 11 is 0. The zero-order chi connectivity index (χ0) is 33.0. The molecule has 6 rings (SSSR count). The van der Waals surface area contributed by atoms with E-state index in [-0.39, 0.29) is 43.5 Å². The van der Waals surface area contributed by atoms with Gasteiger partial charge in [-0.05, 0) is 98.0 Å². The van der Waals surface area contributed by atoms with Crippen molar-refractivity contribution in [3.05, 3.63) is 83.4 Å². The first-order chi connectivity index (χ1) is 22.2. The summed E-state index contributed by atoms with van der Waals surface area (Å²) in [6, 6.07) is 18.1. The van der Waals surface area contributed by atoms with Gasteiger partial charge in [0.05, 0.1) is 11.3 Å². The maximum Gasteiger partial charge on any atom is 0.216 e. The normalized spacial score (nSPS) is 16.6. The van der Waals surface area contributed by atoms with Gasteiger partial charge in [0.25, 0.3) is 0 Å². The van der Waals surface area contributed by atoms with E-state index in [1.807, 2.05) is 59.9 Å². The molecule has 2 aromatic carbocycles. The fourth-order valence-corrected chi connectivity index (χ4v) is 6.75. The third-order valence-electron chi connectivity index (χ3n) is 9.59. The topological polar surface area (TPSA) is 76.2 Å². The number of rotatable bonds is 9. The van der Waals surface area contributed by atoms with Crippen LogP contribution in [0.1, 0.15) is 95.4 Å². The van der Waals surface area contributed by atoms with E-state index in [9.17, 15) is 14.3 Å². The van der Waals surface area contributed by atoms with Crippen molar-refractivity contribution in [3.63, 3.8) is 0 Å². The molecule has 1 aliphatic carbocycles. The van der Waals surface area contributed by atoms with Gasteiger partial charge in [0.2, 0.25) is 5.71 Å². The minimum atomic E-state index is -0.672.